The second kappa shape index (κ2) is 22.2. The van der Waals surface area contributed by atoms with Crippen LogP contribution in [0.1, 0.15) is 110 Å². The third-order valence-corrected chi connectivity index (χ3v) is 4.91. The predicted octanol–water partition coefficient (Wildman–Crippen LogP) is 5.91. The van der Waals surface area contributed by atoms with Gasteiger partial charge >= 0.3 is 110 Å². The number of hydrogen-bond donors (Lipinski definition) is 3. The molecule has 0 bridgehead atoms. The van der Waals surface area contributed by atoms with E-state index in [0.29, 0.717) is 0 Å². The van der Waals surface area contributed by atoms with Gasteiger partial charge in [0.05, 0.1) is 0 Å². The SMILES string of the molecule is CCCCCCCCCCCCCCCCC[CH2][Na].O=P(O)(O)O. The molecule has 0 aliphatic heterocycles. The first-order valence-corrected chi connectivity index (χ1v) is 13.2. The Morgan fingerprint density at radius 2 is 0.792 bits per heavy atom. The summed E-state index contributed by atoms with van der Waals surface area (Å²) in [5, 5.41) is 0. The summed E-state index contributed by atoms with van der Waals surface area (Å²) in [7, 11) is -4.64. The predicted molar refractivity (Wildman–Crippen MR) is 104 cm³/mol. The van der Waals surface area contributed by atoms with Crippen LogP contribution >= 0.6 is 7.82 Å². The summed E-state index contributed by atoms with van der Waals surface area (Å²) >= 11 is 1.41. The molecule has 0 fully saturated rings. The van der Waals surface area contributed by atoms with Crippen molar-refractivity contribution >= 4 is 35.8 Å². The van der Waals surface area contributed by atoms with Gasteiger partial charge in [-0.25, -0.2) is 4.57 Å². The second-order valence-electron chi connectivity index (χ2n) is 6.82. The van der Waals surface area contributed by atoms with Crippen molar-refractivity contribution < 1.29 is 19.2 Å². The minimum atomic E-state index is -4.64. The van der Waals surface area contributed by atoms with Gasteiger partial charge in [-0.3, -0.25) is 0 Å². The van der Waals surface area contributed by atoms with Crippen LogP contribution in [0.2, 0.25) is 3.67 Å². The van der Waals surface area contributed by atoms with E-state index in [1.54, 1.807) is 0 Å². The van der Waals surface area contributed by atoms with Gasteiger partial charge in [-0.1, -0.05) is 39.0 Å². The first kappa shape index (κ1) is 27.3. The number of hydrogen-bond acceptors (Lipinski definition) is 1. The zero-order valence-corrected chi connectivity index (χ0v) is 19.1. The third-order valence-electron chi connectivity index (χ3n) is 4.21. The molecule has 0 rings (SSSR count). The average Bonchev–Trinajstić information content (AvgIpc) is 2.49. The molecule has 0 heterocycles. The zero-order chi connectivity index (χ0) is 18.5. The second-order valence-corrected chi connectivity index (χ2v) is 8.84. The maximum atomic E-state index is 8.88. The van der Waals surface area contributed by atoms with Crippen LogP contribution in [0.4, 0.5) is 0 Å². The van der Waals surface area contributed by atoms with Crippen LogP contribution in [0.25, 0.3) is 0 Å². The fourth-order valence-corrected chi connectivity index (χ4v) is 3.30. The first-order valence-electron chi connectivity index (χ1n) is 10.2. The van der Waals surface area contributed by atoms with E-state index in [1.807, 2.05) is 0 Å². The van der Waals surface area contributed by atoms with E-state index < -0.39 is 7.82 Å². The van der Waals surface area contributed by atoms with Crippen LogP contribution in [-0.4, -0.2) is 42.6 Å². The zero-order valence-electron chi connectivity index (χ0n) is 16.2. The Balaban J connectivity index is 0. The third kappa shape index (κ3) is 38.6. The van der Waals surface area contributed by atoms with Crippen LogP contribution in [0.3, 0.4) is 0 Å². The number of rotatable bonds is 16. The van der Waals surface area contributed by atoms with Crippen molar-refractivity contribution in [3.63, 3.8) is 0 Å². The molecule has 0 spiro atoms. The van der Waals surface area contributed by atoms with Gasteiger partial charge in [0.25, 0.3) is 0 Å². The van der Waals surface area contributed by atoms with Gasteiger partial charge in [-0.05, 0) is 0 Å². The van der Waals surface area contributed by atoms with E-state index in [-0.39, 0.29) is 0 Å². The van der Waals surface area contributed by atoms with Gasteiger partial charge in [0.15, 0.2) is 0 Å². The molecule has 0 radical (unpaired) electrons. The molecule has 0 unspecified atom stereocenters. The molecule has 0 aromatic carbocycles. The molecule has 0 aromatic rings. The Morgan fingerprint density at radius 1 is 0.583 bits per heavy atom. The average molecular weight is 374 g/mol. The van der Waals surface area contributed by atoms with E-state index in [1.165, 1.54) is 134 Å². The summed E-state index contributed by atoms with van der Waals surface area (Å²) in [4.78, 5) is 21.6. The van der Waals surface area contributed by atoms with Crippen LogP contribution in [0, 0.1) is 0 Å². The minimum Gasteiger partial charge on any atom is -0.303 e. The largest absolute Gasteiger partial charge is 0.466 e. The quantitative estimate of drug-likeness (QED) is 0.178. The molecule has 0 amide bonds. The first-order chi connectivity index (χ1) is 11.4. The molecule has 142 valence electrons. The van der Waals surface area contributed by atoms with Crippen LogP contribution in [0.5, 0.6) is 0 Å². The summed E-state index contributed by atoms with van der Waals surface area (Å²) in [5.74, 6) is 0. The van der Waals surface area contributed by atoms with Gasteiger partial charge in [0.1, 0.15) is 0 Å². The Labute approximate surface area is 167 Å². The molecule has 3 N–H and O–H groups in total. The molecular formula is C18H40NaO4P. The van der Waals surface area contributed by atoms with Gasteiger partial charge in [-0.2, -0.15) is 0 Å². The van der Waals surface area contributed by atoms with Crippen LogP contribution < -0.4 is 0 Å². The van der Waals surface area contributed by atoms with Crippen molar-refractivity contribution in [3.05, 3.63) is 0 Å². The minimum absolute atomic E-state index is 1.38. The van der Waals surface area contributed by atoms with Crippen molar-refractivity contribution in [2.75, 3.05) is 0 Å². The summed E-state index contributed by atoms with van der Waals surface area (Å²) in [6.45, 7) is 2.30. The molecule has 0 saturated heterocycles. The molecule has 24 heavy (non-hydrogen) atoms. The number of phosphoric acid groups is 1. The van der Waals surface area contributed by atoms with E-state index in [0.717, 1.165) is 0 Å². The molecular weight excluding hydrogens is 334 g/mol. The summed E-state index contributed by atoms with van der Waals surface area (Å²) in [6, 6.07) is 0. The van der Waals surface area contributed by atoms with Crippen molar-refractivity contribution in [2.45, 2.75) is 113 Å². The van der Waals surface area contributed by atoms with Gasteiger partial charge in [0.2, 0.25) is 0 Å². The monoisotopic (exact) mass is 374 g/mol. The normalized spacial score (nSPS) is 11.2. The molecule has 0 aromatic heterocycles. The van der Waals surface area contributed by atoms with Gasteiger partial charge < -0.3 is 14.7 Å². The van der Waals surface area contributed by atoms with Crippen LogP contribution in [0.15, 0.2) is 0 Å². The smallest absolute Gasteiger partial charge is 0.303 e. The van der Waals surface area contributed by atoms with Crippen molar-refractivity contribution in [3.8, 4) is 0 Å². The maximum Gasteiger partial charge on any atom is 0.466 e. The standard InChI is InChI=1S/C18H37.Na.H3O4P/c1-3-5-7-9-11-13-15-17-18-16-14-12-10-8-6-4-2;;1-5(2,3)4/h1,3-18H2,2H3;;(H3,1,2,3,4). The number of unbranched alkanes of at least 4 members (excludes halogenated alkanes) is 15. The molecule has 6 heteroatoms. The van der Waals surface area contributed by atoms with E-state index in [9.17, 15) is 0 Å². The molecule has 0 saturated carbocycles. The molecule has 4 nitrogen and oxygen atoms in total. The Morgan fingerprint density at radius 3 is 1.00 bits per heavy atom. The summed E-state index contributed by atoms with van der Waals surface area (Å²) < 4.78 is 10.4. The van der Waals surface area contributed by atoms with E-state index in [4.69, 9.17) is 19.2 Å². The molecule has 0 aliphatic rings. The topological polar surface area (TPSA) is 77.8 Å². The summed E-state index contributed by atoms with van der Waals surface area (Å²) in [6.07, 6.45) is 23.7. The molecule has 0 atom stereocenters. The maximum absolute atomic E-state index is 8.88. The summed E-state index contributed by atoms with van der Waals surface area (Å²) in [5.41, 5.74) is 0. The van der Waals surface area contributed by atoms with Crippen molar-refractivity contribution in [2.24, 2.45) is 0 Å². The van der Waals surface area contributed by atoms with E-state index in [2.05, 4.69) is 6.92 Å². The van der Waals surface area contributed by atoms with Gasteiger partial charge in [0, 0.05) is 0 Å². The van der Waals surface area contributed by atoms with Gasteiger partial charge in [-0.15, -0.1) is 0 Å². The van der Waals surface area contributed by atoms with E-state index >= 15 is 0 Å². The Hall–Kier alpha value is 1.11. The van der Waals surface area contributed by atoms with Crippen molar-refractivity contribution in [1.29, 1.82) is 0 Å². The Kier molecular flexibility index (Phi) is 25.2. The Bertz CT molecular complexity index is 247. The fourth-order valence-electron chi connectivity index (χ4n) is 2.80. The van der Waals surface area contributed by atoms with Crippen molar-refractivity contribution in [1.82, 2.24) is 0 Å². The fraction of sp³-hybridized carbons (Fsp3) is 1.00. The van der Waals surface area contributed by atoms with Crippen LogP contribution in [-0.2, 0) is 4.57 Å². The molecule has 0 aliphatic carbocycles.